The second-order valence-corrected chi connectivity index (χ2v) is 9.25. The molecular formula is C25H31FN4O4. The number of halogens is 1. The number of hydrogen-bond donors (Lipinski definition) is 1. The number of esters is 1. The van der Waals surface area contributed by atoms with Gasteiger partial charge in [-0.2, -0.15) is 5.10 Å². The van der Waals surface area contributed by atoms with Crippen LogP contribution in [0.5, 0.6) is 0 Å². The zero-order valence-corrected chi connectivity index (χ0v) is 19.7. The van der Waals surface area contributed by atoms with Crippen molar-refractivity contribution in [2.75, 3.05) is 6.61 Å². The largest absolute Gasteiger partial charge is 0.461 e. The molecule has 4 rings (SSSR count). The summed E-state index contributed by atoms with van der Waals surface area (Å²) in [4.78, 5) is 40.9. The summed E-state index contributed by atoms with van der Waals surface area (Å²) in [6, 6.07) is 7.42. The minimum Gasteiger partial charge on any atom is -0.461 e. The first-order valence-corrected chi connectivity index (χ1v) is 11.9. The molecule has 8 nitrogen and oxygen atoms in total. The molecule has 182 valence electrons. The maximum atomic E-state index is 13.9. The van der Waals surface area contributed by atoms with Gasteiger partial charge in [0.05, 0.1) is 13.2 Å². The molecule has 1 fully saturated rings. The lowest BCUT2D eigenvalue weighted by Crippen LogP contribution is -2.64. The van der Waals surface area contributed by atoms with Gasteiger partial charge in [0.15, 0.2) is 5.69 Å². The Balaban J connectivity index is 1.68. The van der Waals surface area contributed by atoms with Crippen LogP contribution in [0.3, 0.4) is 0 Å². The van der Waals surface area contributed by atoms with Gasteiger partial charge in [0, 0.05) is 18.7 Å². The van der Waals surface area contributed by atoms with Crippen LogP contribution < -0.4 is 5.32 Å². The van der Waals surface area contributed by atoms with Crippen LogP contribution in [0.15, 0.2) is 30.3 Å². The predicted octanol–water partition coefficient (Wildman–Crippen LogP) is 3.45. The summed E-state index contributed by atoms with van der Waals surface area (Å²) in [6.07, 6.45) is 6.22. The average Bonchev–Trinajstić information content (AvgIpc) is 3.05. The van der Waals surface area contributed by atoms with Crippen LogP contribution in [0.1, 0.15) is 78.9 Å². The van der Waals surface area contributed by atoms with Crippen molar-refractivity contribution in [3.63, 3.8) is 0 Å². The SMILES string of the molecule is CCOC(=O)c1cc2n(n1)CC(C)(C(=O)NC1CCCCCC1)N(Cc1cccc(F)c1)C2=O. The van der Waals surface area contributed by atoms with E-state index in [9.17, 15) is 18.8 Å². The highest BCUT2D eigenvalue weighted by molar-refractivity contribution is 6.01. The van der Waals surface area contributed by atoms with Gasteiger partial charge in [-0.3, -0.25) is 14.3 Å². The highest BCUT2D eigenvalue weighted by atomic mass is 19.1. The van der Waals surface area contributed by atoms with Crippen LogP contribution in [0.25, 0.3) is 0 Å². The van der Waals surface area contributed by atoms with Gasteiger partial charge in [-0.15, -0.1) is 0 Å². The number of nitrogens with one attached hydrogen (secondary N) is 1. The highest BCUT2D eigenvalue weighted by Gasteiger charge is 2.48. The topological polar surface area (TPSA) is 93.5 Å². The molecule has 1 atom stereocenters. The molecule has 1 aliphatic carbocycles. The molecule has 0 saturated heterocycles. The third kappa shape index (κ3) is 4.83. The number of benzene rings is 1. The van der Waals surface area contributed by atoms with Crippen LogP contribution in [0, 0.1) is 5.82 Å². The number of nitrogens with zero attached hydrogens (tertiary/aromatic N) is 3. The Kier molecular flexibility index (Phi) is 7.00. The van der Waals surface area contributed by atoms with Crippen LogP contribution in [0.4, 0.5) is 4.39 Å². The fourth-order valence-electron chi connectivity index (χ4n) is 4.78. The first-order valence-electron chi connectivity index (χ1n) is 11.9. The van der Waals surface area contributed by atoms with Gasteiger partial charge in [0.1, 0.15) is 17.1 Å². The molecule has 2 heterocycles. The van der Waals surface area contributed by atoms with Crippen molar-refractivity contribution in [3.05, 3.63) is 53.1 Å². The molecule has 2 amide bonds. The number of rotatable bonds is 6. The number of carbonyl (C=O) groups is 3. The van der Waals surface area contributed by atoms with E-state index in [1.165, 1.54) is 27.8 Å². The van der Waals surface area contributed by atoms with Gasteiger partial charge in [-0.05, 0) is 44.4 Å². The molecule has 1 aliphatic heterocycles. The van der Waals surface area contributed by atoms with Crippen molar-refractivity contribution in [2.45, 2.75) is 77.0 Å². The van der Waals surface area contributed by atoms with E-state index in [-0.39, 0.29) is 43.0 Å². The summed E-state index contributed by atoms with van der Waals surface area (Å²) in [5.74, 6) is -1.76. The van der Waals surface area contributed by atoms with E-state index in [0.29, 0.717) is 5.56 Å². The zero-order valence-electron chi connectivity index (χ0n) is 19.7. The molecule has 0 spiro atoms. The van der Waals surface area contributed by atoms with Crippen LogP contribution in [-0.2, 0) is 22.6 Å². The molecule has 34 heavy (non-hydrogen) atoms. The molecular weight excluding hydrogens is 439 g/mol. The Labute approximate surface area is 198 Å². The van der Waals surface area contributed by atoms with E-state index in [2.05, 4.69) is 10.4 Å². The summed E-state index contributed by atoms with van der Waals surface area (Å²) in [5, 5.41) is 7.43. The predicted molar refractivity (Wildman–Crippen MR) is 122 cm³/mol. The van der Waals surface area contributed by atoms with Crippen molar-refractivity contribution < 1.29 is 23.5 Å². The maximum Gasteiger partial charge on any atom is 0.358 e. The molecule has 1 unspecified atom stereocenters. The van der Waals surface area contributed by atoms with Crippen LogP contribution in [0.2, 0.25) is 0 Å². The Hall–Kier alpha value is -3.23. The third-order valence-corrected chi connectivity index (χ3v) is 6.69. The Morgan fingerprint density at radius 3 is 2.62 bits per heavy atom. The van der Waals surface area contributed by atoms with Crippen LogP contribution in [-0.4, -0.2) is 50.7 Å². The molecule has 1 saturated carbocycles. The molecule has 9 heteroatoms. The first kappa shape index (κ1) is 23.9. The van der Waals surface area contributed by atoms with Gasteiger partial charge < -0.3 is 15.0 Å². The quantitative estimate of drug-likeness (QED) is 0.516. The minimum absolute atomic E-state index is 0.0179. The zero-order chi connectivity index (χ0) is 24.3. The second-order valence-electron chi connectivity index (χ2n) is 9.25. The Morgan fingerprint density at radius 2 is 1.94 bits per heavy atom. The first-order chi connectivity index (χ1) is 16.3. The summed E-state index contributed by atoms with van der Waals surface area (Å²) in [5.41, 5.74) is -0.496. The van der Waals surface area contributed by atoms with Crippen molar-refractivity contribution in [1.29, 1.82) is 0 Å². The number of carbonyl (C=O) groups excluding carboxylic acids is 3. The Bertz CT molecular complexity index is 1080. The average molecular weight is 471 g/mol. The maximum absolute atomic E-state index is 13.9. The molecule has 0 bridgehead atoms. The van der Waals surface area contributed by atoms with Gasteiger partial charge in [-0.25, -0.2) is 9.18 Å². The smallest absolute Gasteiger partial charge is 0.358 e. The van der Waals surface area contributed by atoms with Crippen molar-refractivity contribution in [1.82, 2.24) is 20.0 Å². The number of amides is 2. The fourth-order valence-corrected chi connectivity index (χ4v) is 4.78. The molecule has 1 aromatic heterocycles. The lowest BCUT2D eigenvalue weighted by atomic mass is 9.93. The van der Waals surface area contributed by atoms with E-state index in [1.807, 2.05) is 0 Å². The summed E-state index contributed by atoms with van der Waals surface area (Å²) in [6.45, 7) is 3.69. The number of fused-ring (bicyclic) bond motifs is 1. The molecule has 2 aromatic rings. The van der Waals surface area contributed by atoms with Gasteiger partial charge in [0.2, 0.25) is 5.91 Å². The van der Waals surface area contributed by atoms with E-state index in [4.69, 9.17) is 4.74 Å². The minimum atomic E-state index is -1.28. The van der Waals surface area contributed by atoms with Gasteiger partial charge in [-0.1, -0.05) is 37.8 Å². The lowest BCUT2D eigenvalue weighted by Gasteiger charge is -2.43. The van der Waals surface area contributed by atoms with E-state index < -0.39 is 23.2 Å². The van der Waals surface area contributed by atoms with E-state index >= 15 is 0 Å². The normalized spacial score (nSPS) is 21.0. The molecule has 0 radical (unpaired) electrons. The summed E-state index contributed by atoms with van der Waals surface area (Å²) in [7, 11) is 0. The summed E-state index contributed by atoms with van der Waals surface area (Å²) >= 11 is 0. The van der Waals surface area contributed by atoms with Crippen LogP contribution >= 0.6 is 0 Å². The summed E-state index contributed by atoms with van der Waals surface area (Å²) < 4.78 is 20.3. The van der Waals surface area contributed by atoms with Gasteiger partial charge >= 0.3 is 5.97 Å². The standard InChI is InChI=1S/C25H31FN4O4/c1-3-34-23(32)20-14-21-22(31)29(15-17-9-8-10-18(26)13-17)25(2,16-30(21)28-20)24(33)27-19-11-6-4-5-7-12-19/h8-10,13-14,19H,3-7,11-12,15-16H2,1-2H3,(H,27,33). The van der Waals surface area contributed by atoms with Gasteiger partial charge in [0.25, 0.3) is 5.91 Å². The fraction of sp³-hybridized carbons (Fsp3) is 0.520. The van der Waals surface area contributed by atoms with Crippen molar-refractivity contribution in [3.8, 4) is 0 Å². The molecule has 1 N–H and O–H groups in total. The number of hydrogen-bond acceptors (Lipinski definition) is 5. The third-order valence-electron chi connectivity index (χ3n) is 6.69. The van der Waals surface area contributed by atoms with E-state index in [1.54, 1.807) is 26.0 Å². The van der Waals surface area contributed by atoms with Crippen molar-refractivity contribution in [2.24, 2.45) is 0 Å². The second kappa shape index (κ2) is 9.95. The number of aromatic nitrogens is 2. The Morgan fingerprint density at radius 1 is 1.21 bits per heavy atom. The lowest BCUT2D eigenvalue weighted by molar-refractivity contribution is -0.134. The molecule has 2 aliphatic rings. The molecule has 1 aromatic carbocycles. The highest BCUT2D eigenvalue weighted by Crippen LogP contribution is 2.30. The van der Waals surface area contributed by atoms with E-state index in [0.717, 1.165) is 38.5 Å². The number of ether oxygens (including phenoxy) is 1. The van der Waals surface area contributed by atoms with Crippen molar-refractivity contribution >= 4 is 17.8 Å². The monoisotopic (exact) mass is 470 g/mol.